The quantitative estimate of drug-likeness (QED) is 0.317. The fourth-order valence-corrected chi connectivity index (χ4v) is 5.00. The monoisotopic (exact) mass is 531 g/mol. The molecule has 1 atom stereocenters. The number of fused-ring (bicyclic) bond motifs is 4. The van der Waals surface area contributed by atoms with Crippen molar-refractivity contribution in [2.24, 2.45) is 0 Å². The van der Waals surface area contributed by atoms with Gasteiger partial charge in [0.25, 0.3) is 5.56 Å². The van der Waals surface area contributed by atoms with Gasteiger partial charge in [0.15, 0.2) is 5.65 Å². The Hall–Kier alpha value is -5.38. The van der Waals surface area contributed by atoms with Crippen molar-refractivity contribution in [2.45, 2.75) is 6.10 Å². The number of aromatic nitrogens is 5. The number of anilines is 2. The molecular weight excluding hydrogens is 506 g/mol. The normalized spacial score (nSPS) is 14.6. The lowest BCUT2D eigenvalue weighted by atomic mass is 10.2. The van der Waals surface area contributed by atoms with Crippen molar-refractivity contribution in [3.63, 3.8) is 0 Å². The smallest absolute Gasteiger partial charge is 0.267 e. The number of pyridine rings is 1. The number of hydrogen-bond acceptors (Lipinski definition) is 8. The molecule has 0 saturated heterocycles. The van der Waals surface area contributed by atoms with Crippen LogP contribution in [0.25, 0.3) is 27.6 Å². The third-order valence-electron chi connectivity index (χ3n) is 6.92. The standard InChI is InChI=1S/C30H25N7O3/c1-36-18-22(40-26-10-6-5-9-25(26)36)15-31-30-32-16-23-27-24(17-33-35-27)29(38)37(28(23)34-30)19-11-13-21(14-12-19)39-20-7-3-2-4-8-20/h2-14,16-17,22H,15,18H2,1H3,(H,33,35)(H,31,32,34). The van der Waals surface area contributed by atoms with Crippen molar-refractivity contribution in [1.29, 1.82) is 0 Å². The van der Waals surface area contributed by atoms with Crippen molar-refractivity contribution in [2.75, 3.05) is 30.4 Å². The van der Waals surface area contributed by atoms with Crippen molar-refractivity contribution in [3.05, 3.63) is 102 Å². The van der Waals surface area contributed by atoms with Gasteiger partial charge in [-0.3, -0.25) is 14.5 Å². The molecule has 3 aromatic carbocycles. The first-order valence-corrected chi connectivity index (χ1v) is 12.9. The summed E-state index contributed by atoms with van der Waals surface area (Å²) in [6, 6.07) is 24.8. The molecule has 40 heavy (non-hydrogen) atoms. The topological polar surface area (TPSA) is 110 Å². The number of nitrogens with one attached hydrogen (secondary N) is 2. The van der Waals surface area contributed by atoms with Gasteiger partial charge in [0.2, 0.25) is 5.95 Å². The summed E-state index contributed by atoms with van der Waals surface area (Å²) in [6.07, 6.45) is 3.19. The Labute approximate surface area is 228 Å². The molecule has 10 heteroatoms. The Balaban J connectivity index is 1.21. The molecule has 7 rings (SSSR count). The maximum Gasteiger partial charge on any atom is 0.267 e. The fourth-order valence-electron chi connectivity index (χ4n) is 5.00. The molecule has 0 fully saturated rings. The molecule has 1 aliphatic heterocycles. The van der Waals surface area contributed by atoms with E-state index in [0.717, 1.165) is 17.2 Å². The van der Waals surface area contributed by atoms with Gasteiger partial charge in [-0.2, -0.15) is 10.1 Å². The van der Waals surface area contributed by atoms with Gasteiger partial charge in [-0.15, -0.1) is 0 Å². The Morgan fingerprint density at radius 1 is 1.00 bits per heavy atom. The van der Waals surface area contributed by atoms with E-state index in [4.69, 9.17) is 14.5 Å². The van der Waals surface area contributed by atoms with Crippen LogP contribution in [0.1, 0.15) is 0 Å². The number of likely N-dealkylation sites (N-methyl/N-ethyl adjacent to an activating group) is 1. The molecule has 0 saturated carbocycles. The summed E-state index contributed by atoms with van der Waals surface area (Å²) >= 11 is 0. The van der Waals surface area contributed by atoms with E-state index in [1.54, 1.807) is 17.0 Å². The van der Waals surface area contributed by atoms with Crippen LogP contribution in [0.15, 0.2) is 96.1 Å². The highest BCUT2D eigenvalue weighted by Crippen LogP contribution is 2.32. The summed E-state index contributed by atoms with van der Waals surface area (Å²) in [5.41, 5.74) is 2.46. The zero-order valence-electron chi connectivity index (χ0n) is 21.6. The minimum Gasteiger partial charge on any atom is -0.485 e. The molecule has 3 aromatic heterocycles. The summed E-state index contributed by atoms with van der Waals surface area (Å²) in [4.78, 5) is 25.1. The summed E-state index contributed by atoms with van der Waals surface area (Å²) in [5, 5.41) is 11.5. The number of hydrogen-bond donors (Lipinski definition) is 2. The molecule has 4 heterocycles. The maximum atomic E-state index is 13.6. The highest BCUT2D eigenvalue weighted by atomic mass is 16.5. The van der Waals surface area contributed by atoms with Gasteiger partial charge in [0, 0.05) is 19.4 Å². The fraction of sp³-hybridized carbons (Fsp3) is 0.133. The first kappa shape index (κ1) is 23.7. The van der Waals surface area contributed by atoms with Gasteiger partial charge in [-0.25, -0.2) is 4.98 Å². The number of H-pyrrole nitrogens is 1. The van der Waals surface area contributed by atoms with E-state index >= 15 is 0 Å². The molecule has 6 aromatic rings. The molecule has 0 bridgehead atoms. The van der Waals surface area contributed by atoms with Crippen LogP contribution < -0.4 is 25.2 Å². The van der Waals surface area contributed by atoms with Crippen molar-refractivity contribution >= 4 is 33.6 Å². The van der Waals surface area contributed by atoms with Gasteiger partial charge in [-0.05, 0) is 48.5 Å². The number of aromatic amines is 1. The molecule has 1 unspecified atom stereocenters. The third kappa shape index (κ3) is 4.25. The van der Waals surface area contributed by atoms with Crippen molar-refractivity contribution < 1.29 is 9.47 Å². The second kappa shape index (κ2) is 9.73. The second-order valence-corrected chi connectivity index (χ2v) is 9.60. The predicted molar refractivity (Wildman–Crippen MR) is 154 cm³/mol. The van der Waals surface area contributed by atoms with Gasteiger partial charge in [-0.1, -0.05) is 30.3 Å². The Bertz CT molecular complexity index is 1880. The van der Waals surface area contributed by atoms with E-state index in [0.29, 0.717) is 52.4 Å². The van der Waals surface area contributed by atoms with Crippen LogP contribution in [0.4, 0.5) is 11.6 Å². The number of para-hydroxylation sites is 3. The van der Waals surface area contributed by atoms with Gasteiger partial charge >= 0.3 is 0 Å². The highest BCUT2D eigenvalue weighted by Gasteiger charge is 2.23. The van der Waals surface area contributed by atoms with Gasteiger partial charge in [0.05, 0.1) is 35.2 Å². The van der Waals surface area contributed by atoms with Crippen LogP contribution in [0.5, 0.6) is 17.2 Å². The lowest BCUT2D eigenvalue weighted by Crippen LogP contribution is -2.41. The zero-order valence-corrected chi connectivity index (χ0v) is 21.6. The molecule has 0 radical (unpaired) electrons. The van der Waals surface area contributed by atoms with Crippen molar-refractivity contribution in [1.82, 2.24) is 24.7 Å². The minimum absolute atomic E-state index is 0.104. The van der Waals surface area contributed by atoms with Gasteiger partial charge in [0.1, 0.15) is 28.9 Å². The third-order valence-corrected chi connectivity index (χ3v) is 6.92. The lowest BCUT2D eigenvalue weighted by Gasteiger charge is -2.33. The summed E-state index contributed by atoms with van der Waals surface area (Å²) < 4.78 is 13.7. The lowest BCUT2D eigenvalue weighted by molar-refractivity contribution is 0.208. The van der Waals surface area contributed by atoms with E-state index in [9.17, 15) is 4.79 Å². The Kier molecular flexibility index (Phi) is 5.77. The van der Waals surface area contributed by atoms with E-state index in [1.807, 2.05) is 85.9 Å². The molecule has 198 valence electrons. The van der Waals surface area contributed by atoms with E-state index in [-0.39, 0.29) is 11.7 Å². The van der Waals surface area contributed by atoms with E-state index in [1.165, 1.54) is 0 Å². The van der Waals surface area contributed by atoms with Gasteiger partial charge < -0.3 is 19.7 Å². The number of nitrogens with zero attached hydrogens (tertiary/aromatic N) is 5. The van der Waals surface area contributed by atoms with E-state index in [2.05, 4.69) is 25.4 Å². The van der Waals surface area contributed by atoms with Crippen LogP contribution in [0.3, 0.4) is 0 Å². The molecule has 10 nitrogen and oxygen atoms in total. The minimum atomic E-state index is -0.230. The van der Waals surface area contributed by atoms with Crippen molar-refractivity contribution in [3.8, 4) is 22.9 Å². The molecule has 1 aliphatic rings. The first-order chi connectivity index (χ1) is 19.6. The van der Waals surface area contributed by atoms with Crippen LogP contribution >= 0.6 is 0 Å². The number of ether oxygens (including phenoxy) is 2. The SMILES string of the molecule is CN1CC(CNc2ncc3c4n[nH]cc4c(=O)n(-c4ccc(Oc5ccccc5)cc4)c3n2)Oc2ccccc21. The maximum absolute atomic E-state index is 13.6. The first-order valence-electron chi connectivity index (χ1n) is 12.9. The van der Waals surface area contributed by atoms with Crippen LogP contribution in [-0.2, 0) is 0 Å². The largest absolute Gasteiger partial charge is 0.485 e. The predicted octanol–water partition coefficient (Wildman–Crippen LogP) is 4.76. The molecule has 0 amide bonds. The number of benzene rings is 3. The zero-order chi connectivity index (χ0) is 27.1. The average molecular weight is 532 g/mol. The van der Waals surface area contributed by atoms with Crippen LogP contribution in [0, 0.1) is 0 Å². The molecule has 0 aliphatic carbocycles. The Morgan fingerprint density at radius 3 is 2.62 bits per heavy atom. The molecule has 2 N–H and O–H groups in total. The molecular formula is C30H25N7O3. The molecule has 0 spiro atoms. The number of rotatable bonds is 6. The van der Waals surface area contributed by atoms with Crippen LogP contribution in [0.2, 0.25) is 0 Å². The summed E-state index contributed by atoms with van der Waals surface area (Å²) in [7, 11) is 2.05. The average Bonchev–Trinajstić information content (AvgIpc) is 3.48. The summed E-state index contributed by atoms with van der Waals surface area (Å²) in [6.45, 7) is 1.21. The second-order valence-electron chi connectivity index (χ2n) is 9.60. The van der Waals surface area contributed by atoms with Crippen LogP contribution in [-0.4, -0.2) is 51.0 Å². The van der Waals surface area contributed by atoms with E-state index < -0.39 is 0 Å². The highest BCUT2D eigenvalue weighted by molar-refractivity contribution is 6.02. The summed E-state index contributed by atoms with van der Waals surface area (Å²) in [5.74, 6) is 2.63. The Morgan fingerprint density at radius 2 is 1.77 bits per heavy atom.